The second-order valence-corrected chi connectivity index (χ2v) is 6.96. The van der Waals surface area contributed by atoms with Crippen molar-refractivity contribution in [2.45, 2.75) is 31.9 Å². The molecule has 0 bridgehead atoms. The van der Waals surface area contributed by atoms with Crippen molar-refractivity contribution >= 4 is 16.8 Å². The van der Waals surface area contributed by atoms with Crippen molar-refractivity contribution in [1.82, 2.24) is 19.7 Å². The number of hydrogen-bond donors (Lipinski definition) is 1. The van der Waals surface area contributed by atoms with Gasteiger partial charge in [-0.2, -0.15) is 5.10 Å². The van der Waals surface area contributed by atoms with E-state index < -0.39 is 6.43 Å². The van der Waals surface area contributed by atoms with E-state index in [1.807, 2.05) is 6.07 Å². The highest BCUT2D eigenvalue weighted by atomic mass is 19.3. The second kappa shape index (κ2) is 8.02. The van der Waals surface area contributed by atoms with Gasteiger partial charge >= 0.3 is 0 Å². The van der Waals surface area contributed by atoms with Crippen LogP contribution in [0, 0.1) is 0 Å². The summed E-state index contributed by atoms with van der Waals surface area (Å²) in [5, 5.41) is 6.84. The molecule has 1 saturated heterocycles. The maximum Gasteiger partial charge on any atom is 0.274 e. The monoisotopic (exact) mass is 402 g/mol. The molecule has 1 aliphatic rings. The van der Waals surface area contributed by atoms with Crippen LogP contribution in [0.4, 0.5) is 8.78 Å². The number of piperidine rings is 1. The number of nitrogens with one attached hydrogen (secondary N) is 1. The number of ether oxygens (including phenoxy) is 1. The maximum absolute atomic E-state index is 12.7. The van der Waals surface area contributed by atoms with Gasteiger partial charge in [-0.3, -0.25) is 9.59 Å². The first-order valence-corrected chi connectivity index (χ1v) is 9.39. The number of H-pyrrole nitrogens is 1. The Labute approximate surface area is 164 Å². The van der Waals surface area contributed by atoms with E-state index in [0.29, 0.717) is 37.2 Å². The minimum Gasteiger partial charge on any atom is -0.490 e. The minimum atomic E-state index is -2.42. The number of hydrogen-bond acceptors (Lipinski definition) is 4. The molecule has 3 aromatic rings. The normalized spacial score (nSPS) is 15.2. The van der Waals surface area contributed by atoms with E-state index in [0.717, 1.165) is 5.39 Å². The van der Waals surface area contributed by atoms with Crippen LogP contribution in [0.3, 0.4) is 0 Å². The molecule has 1 amide bonds. The predicted molar refractivity (Wildman–Crippen MR) is 102 cm³/mol. The molecule has 2 aromatic heterocycles. The highest BCUT2D eigenvalue weighted by Crippen LogP contribution is 2.29. The smallest absolute Gasteiger partial charge is 0.274 e. The van der Waals surface area contributed by atoms with E-state index in [2.05, 4.69) is 10.2 Å². The van der Waals surface area contributed by atoms with Gasteiger partial charge < -0.3 is 14.2 Å². The van der Waals surface area contributed by atoms with Gasteiger partial charge in [-0.15, -0.1) is 0 Å². The van der Waals surface area contributed by atoms with Gasteiger partial charge in [0.1, 0.15) is 17.5 Å². The topological polar surface area (TPSA) is 80.2 Å². The molecule has 152 valence electrons. The van der Waals surface area contributed by atoms with Crippen LogP contribution in [0.25, 0.3) is 10.9 Å². The van der Waals surface area contributed by atoms with Gasteiger partial charge in [-0.25, -0.2) is 13.9 Å². The Hall–Kier alpha value is -3.23. The first kappa shape index (κ1) is 19.1. The van der Waals surface area contributed by atoms with Crippen molar-refractivity contribution in [2.75, 3.05) is 13.1 Å². The number of carbonyl (C=O) groups excluding carboxylic acids is 1. The largest absolute Gasteiger partial charge is 0.490 e. The summed E-state index contributed by atoms with van der Waals surface area (Å²) >= 11 is 0. The number of halogens is 2. The summed E-state index contributed by atoms with van der Waals surface area (Å²) in [5.41, 5.74) is 0.555. The van der Waals surface area contributed by atoms with Crippen LogP contribution in [0.5, 0.6) is 5.75 Å². The Balaban J connectivity index is 1.41. The number of fused-ring (bicyclic) bond motifs is 1. The predicted octanol–water partition coefficient (Wildman–Crippen LogP) is 2.67. The van der Waals surface area contributed by atoms with Crippen LogP contribution in [0.2, 0.25) is 0 Å². The molecule has 1 aromatic carbocycles. The first-order valence-electron chi connectivity index (χ1n) is 9.39. The lowest BCUT2D eigenvalue weighted by atomic mass is 10.1. The van der Waals surface area contributed by atoms with Crippen LogP contribution in [0.15, 0.2) is 47.4 Å². The Bertz CT molecular complexity index is 1050. The fourth-order valence-electron chi connectivity index (χ4n) is 3.59. The van der Waals surface area contributed by atoms with E-state index in [9.17, 15) is 18.4 Å². The Kier molecular flexibility index (Phi) is 5.28. The molecule has 1 fully saturated rings. The van der Waals surface area contributed by atoms with Crippen molar-refractivity contribution in [1.29, 1.82) is 0 Å². The summed E-state index contributed by atoms with van der Waals surface area (Å²) in [6, 6.07) is 9.89. The van der Waals surface area contributed by atoms with Crippen molar-refractivity contribution in [3.63, 3.8) is 0 Å². The number of aromatic amines is 1. The number of alkyl halides is 2. The van der Waals surface area contributed by atoms with Gasteiger partial charge in [0, 0.05) is 43.6 Å². The van der Waals surface area contributed by atoms with Crippen LogP contribution >= 0.6 is 0 Å². The van der Waals surface area contributed by atoms with Gasteiger partial charge in [-0.1, -0.05) is 6.07 Å². The van der Waals surface area contributed by atoms with Gasteiger partial charge in [-0.05, 0) is 24.3 Å². The number of aromatic nitrogens is 3. The molecule has 1 N–H and O–H groups in total. The summed E-state index contributed by atoms with van der Waals surface area (Å²) in [5.74, 6) is 0.425. The zero-order valence-corrected chi connectivity index (χ0v) is 15.6. The summed E-state index contributed by atoms with van der Waals surface area (Å²) in [4.78, 5) is 25.2. The van der Waals surface area contributed by atoms with Crippen molar-refractivity contribution in [2.24, 2.45) is 0 Å². The number of carbonyl (C=O) groups is 1. The fourth-order valence-corrected chi connectivity index (χ4v) is 3.59. The average molecular weight is 402 g/mol. The summed E-state index contributed by atoms with van der Waals surface area (Å²) in [6.45, 7) is 0.658. The molecule has 0 spiro atoms. The molecule has 0 atom stereocenters. The van der Waals surface area contributed by atoms with Crippen LogP contribution < -0.4 is 10.3 Å². The lowest BCUT2D eigenvalue weighted by Gasteiger charge is -2.32. The molecule has 7 nitrogen and oxygen atoms in total. The SMILES string of the molecule is O=C(c1ccc(=O)[nH]n1)N1CCC(Oc2cccc3c2ccn3CC(F)F)CC1. The standard InChI is InChI=1S/C20H20F2N4O3/c21-18(22)12-26-11-8-14-16(26)2-1-3-17(14)29-13-6-9-25(10-7-13)20(28)15-4-5-19(27)24-23-15/h1-5,8,11,13,18H,6-7,9-10,12H2,(H,24,27). The molecular formula is C20H20F2N4O3. The summed E-state index contributed by atoms with van der Waals surface area (Å²) in [6.07, 6.45) is 0.426. The molecule has 29 heavy (non-hydrogen) atoms. The Morgan fingerprint density at radius 1 is 1.21 bits per heavy atom. The second-order valence-electron chi connectivity index (χ2n) is 6.96. The zero-order chi connectivity index (χ0) is 20.4. The third kappa shape index (κ3) is 4.13. The Morgan fingerprint density at radius 3 is 2.69 bits per heavy atom. The number of amides is 1. The molecule has 9 heteroatoms. The van der Waals surface area contributed by atoms with Crippen molar-refractivity contribution in [3.05, 3.63) is 58.6 Å². The molecule has 0 unspecified atom stereocenters. The molecule has 0 radical (unpaired) electrons. The van der Waals surface area contributed by atoms with Gasteiger partial charge in [0.25, 0.3) is 17.9 Å². The number of nitrogens with zero attached hydrogens (tertiary/aromatic N) is 3. The fraction of sp³-hybridized carbons (Fsp3) is 0.350. The molecular weight excluding hydrogens is 382 g/mol. The van der Waals surface area contributed by atoms with Gasteiger partial charge in [0.15, 0.2) is 0 Å². The van der Waals surface area contributed by atoms with Crippen LogP contribution in [0.1, 0.15) is 23.3 Å². The van der Waals surface area contributed by atoms with E-state index in [1.165, 1.54) is 16.7 Å². The van der Waals surface area contributed by atoms with Crippen molar-refractivity contribution in [3.8, 4) is 5.75 Å². The van der Waals surface area contributed by atoms with Crippen LogP contribution in [-0.4, -0.2) is 51.2 Å². The zero-order valence-electron chi connectivity index (χ0n) is 15.6. The van der Waals surface area contributed by atoms with Gasteiger partial charge in [0.2, 0.25) is 0 Å². The highest BCUT2D eigenvalue weighted by molar-refractivity contribution is 5.92. The van der Waals surface area contributed by atoms with E-state index in [4.69, 9.17) is 4.74 Å². The number of likely N-dealkylation sites (tertiary alicyclic amines) is 1. The average Bonchev–Trinajstić information content (AvgIpc) is 3.12. The molecule has 0 saturated carbocycles. The van der Waals surface area contributed by atoms with E-state index in [-0.39, 0.29) is 29.8 Å². The molecule has 0 aliphatic carbocycles. The van der Waals surface area contributed by atoms with Crippen LogP contribution in [-0.2, 0) is 6.54 Å². The minimum absolute atomic E-state index is 0.0772. The lowest BCUT2D eigenvalue weighted by molar-refractivity contribution is 0.0591. The lowest BCUT2D eigenvalue weighted by Crippen LogP contribution is -2.42. The first-order chi connectivity index (χ1) is 14.0. The molecule has 3 heterocycles. The van der Waals surface area contributed by atoms with Gasteiger partial charge in [0.05, 0.1) is 12.1 Å². The third-order valence-electron chi connectivity index (χ3n) is 5.03. The quantitative estimate of drug-likeness (QED) is 0.712. The van der Waals surface area contributed by atoms with Crippen molar-refractivity contribution < 1.29 is 18.3 Å². The summed E-state index contributed by atoms with van der Waals surface area (Å²) in [7, 11) is 0. The molecule has 4 rings (SSSR count). The summed E-state index contributed by atoms with van der Waals surface area (Å²) < 4.78 is 33.1. The Morgan fingerprint density at radius 2 is 2.00 bits per heavy atom. The number of benzene rings is 1. The molecule has 1 aliphatic heterocycles. The highest BCUT2D eigenvalue weighted by Gasteiger charge is 2.26. The van der Waals surface area contributed by atoms with E-state index >= 15 is 0 Å². The number of rotatable bonds is 5. The third-order valence-corrected chi connectivity index (χ3v) is 5.03. The maximum atomic E-state index is 12.7. The van der Waals surface area contributed by atoms with E-state index in [1.54, 1.807) is 29.3 Å².